The third-order valence-corrected chi connectivity index (χ3v) is 6.78. The Kier molecular flexibility index (Phi) is 8.13. The van der Waals surface area contributed by atoms with E-state index in [1.54, 1.807) is 14.2 Å². The van der Waals surface area contributed by atoms with E-state index in [9.17, 15) is 0 Å². The van der Waals surface area contributed by atoms with Crippen LogP contribution in [0.4, 0.5) is 0 Å². The third-order valence-electron chi connectivity index (χ3n) is 6.40. The summed E-state index contributed by atoms with van der Waals surface area (Å²) in [5.74, 6) is 2.34. The standard InChI is InChI=1S/C29H34N2O3S/c1-20-14-21(2)16-24(15-20)34-19-26-25-18-28(33-4)27(32-3)17-23(25)11-13-31(26)29(35)30-12-10-22-8-6-5-7-9-22/h5-9,14-18,26H,10-13,19H2,1-4H3,(H,30,35). The summed E-state index contributed by atoms with van der Waals surface area (Å²) in [7, 11) is 3.34. The van der Waals surface area contributed by atoms with E-state index < -0.39 is 0 Å². The van der Waals surface area contributed by atoms with Gasteiger partial charge >= 0.3 is 0 Å². The number of nitrogens with zero attached hydrogens (tertiary/aromatic N) is 1. The van der Waals surface area contributed by atoms with Crippen molar-refractivity contribution < 1.29 is 14.2 Å². The molecule has 3 aromatic rings. The molecule has 35 heavy (non-hydrogen) atoms. The monoisotopic (exact) mass is 490 g/mol. The molecule has 0 fully saturated rings. The fourth-order valence-corrected chi connectivity index (χ4v) is 5.02. The molecule has 0 saturated heterocycles. The smallest absolute Gasteiger partial charge is 0.169 e. The molecule has 184 valence electrons. The minimum atomic E-state index is -0.0453. The molecule has 1 aliphatic heterocycles. The molecule has 1 heterocycles. The number of methoxy groups -OCH3 is 2. The van der Waals surface area contributed by atoms with Crippen molar-refractivity contribution in [3.63, 3.8) is 0 Å². The molecule has 6 heteroatoms. The van der Waals surface area contributed by atoms with Crippen LogP contribution < -0.4 is 19.5 Å². The molecule has 5 nitrogen and oxygen atoms in total. The summed E-state index contributed by atoms with van der Waals surface area (Å²) in [4.78, 5) is 2.25. The summed E-state index contributed by atoms with van der Waals surface area (Å²) in [6.07, 6.45) is 1.79. The van der Waals surface area contributed by atoms with Gasteiger partial charge in [0.2, 0.25) is 0 Å². The van der Waals surface area contributed by atoms with Gasteiger partial charge < -0.3 is 24.4 Å². The van der Waals surface area contributed by atoms with Crippen LogP contribution in [0.25, 0.3) is 0 Å². The van der Waals surface area contributed by atoms with Crippen LogP contribution in [0.5, 0.6) is 17.2 Å². The van der Waals surface area contributed by atoms with Gasteiger partial charge in [-0.15, -0.1) is 0 Å². The number of aryl methyl sites for hydroxylation is 2. The van der Waals surface area contributed by atoms with E-state index in [0.717, 1.165) is 48.1 Å². The van der Waals surface area contributed by atoms with E-state index in [0.29, 0.717) is 12.4 Å². The maximum Gasteiger partial charge on any atom is 0.169 e. The second-order valence-electron chi connectivity index (χ2n) is 8.97. The lowest BCUT2D eigenvalue weighted by atomic mass is 9.92. The average Bonchev–Trinajstić information content (AvgIpc) is 2.86. The summed E-state index contributed by atoms with van der Waals surface area (Å²) in [6.45, 7) is 6.24. The van der Waals surface area contributed by atoms with Crippen LogP contribution in [-0.4, -0.2) is 43.9 Å². The largest absolute Gasteiger partial charge is 0.493 e. The van der Waals surface area contributed by atoms with Crippen molar-refractivity contribution in [3.8, 4) is 17.2 Å². The van der Waals surface area contributed by atoms with Crippen molar-refractivity contribution in [3.05, 3.63) is 88.5 Å². The van der Waals surface area contributed by atoms with Crippen LogP contribution in [0, 0.1) is 13.8 Å². The Hall–Kier alpha value is -3.25. The quantitative estimate of drug-likeness (QED) is 0.426. The molecule has 0 spiro atoms. The molecule has 0 radical (unpaired) electrons. The maximum absolute atomic E-state index is 6.35. The van der Waals surface area contributed by atoms with Crippen LogP contribution >= 0.6 is 12.2 Å². The van der Waals surface area contributed by atoms with E-state index in [1.807, 2.05) is 6.07 Å². The summed E-state index contributed by atoms with van der Waals surface area (Å²) in [5, 5.41) is 4.22. The molecule has 1 aliphatic rings. The minimum Gasteiger partial charge on any atom is -0.493 e. The topological polar surface area (TPSA) is 43.0 Å². The Bertz CT molecular complexity index is 1150. The molecule has 0 saturated carbocycles. The predicted molar refractivity (Wildman–Crippen MR) is 145 cm³/mol. The lowest BCUT2D eigenvalue weighted by molar-refractivity contribution is 0.187. The first-order valence-electron chi connectivity index (χ1n) is 12.0. The first-order valence-corrected chi connectivity index (χ1v) is 12.4. The number of benzene rings is 3. The van der Waals surface area contributed by atoms with Gasteiger partial charge in [0.25, 0.3) is 0 Å². The molecular weight excluding hydrogens is 456 g/mol. The number of rotatable bonds is 8. The molecule has 0 bridgehead atoms. The number of hydrogen-bond donors (Lipinski definition) is 1. The molecule has 4 rings (SSSR count). The fourth-order valence-electron chi connectivity index (χ4n) is 4.70. The molecule has 0 aromatic heterocycles. The Morgan fingerprint density at radius 3 is 2.34 bits per heavy atom. The minimum absolute atomic E-state index is 0.0453. The highest BCUT2D eigenvalue weighted by Crippen LogP contribution is 2.38. The van der Waals surface area contributed by atoms with Crippen molar-refractivity contribution >= 4 is 17.3 Å². The SMILES string of the molecule is COc1cc2c(cc1OC)C(COc1cc(C)cc(C)c1)N(C(=S)NCCc1ccccc1)CC2. The molecule has 1 N–H and O–H groups in total. The van der Waals surface area contributed by atoms with Gasteiger partial charge in [-0.05, 0) is 91.0 Å². The zero-order chi connectivity index (χ0) is 24.8. The predicted octanol–water partition coefficient (Wildman–Crippen LogP) is 5.42. The number of ether oxygens (including phenoxy) is 3. The summed E-state index contributed by atoms with van der Waals surface area (Å²) in [6, 6.07) is 20.9. The lowest BCUT2D eigenvalue weighted by Gasteiger charge is -2.39. The normalized spacial score (nSPS) is 14.7. The van der Waals surface area contributed by atoms with Crippen LogP contribution in [0.15, 0.2) is 60.7 Å². The van der Waals surface area contributed by atoms with E-state index >= 15 is 0 Å². The highest BCUT2D eigenvalue weighted by molar-refractivity contribution is 7.80. The van der Waals surface area contributed by atoms with Crippen LogP contribution in [0.3, 0.4) is 0 Å². The van der Waals surface area contributed by atoms with Gasteiger partial charge in [-0.1, -0.05) is 36.4 Å². The van der Waals surface area contributed by atoms with Crippen molar-refractivity contribution in [2.24, 2.45) is 0 Å². The molecule has 1 unspecified atom stereocenters. The number of fused-ring (bicyclic) bond motifs is 1. The summed E-state index contributed by atoms with van der Waals surface area (Å²) < 4.78 is 17.5. The Balaban J connectivity index is 1.56. The maximum atomic E-state index is 6.35. The number of hydrogen-bond acceptors (Lipinski definition) is 4. The van der Waals surface area contributed by atoms with Crippen LogP contribution in [0.2, 0.25) is 0 Å². The first-order chi connectivity index (χ1) is 17.0. The van der Waals surface area contributed by atoms with Crippen molar-refractivity contribution in [1.82, 2.24) is 10.2 Å². The second-order valence-corrected chi connectivity index (χ2v) is 9.35. The van der Waals surface area contributed by atoms with Crippen molar-refractivity contribution in [2.45, 2.75) is 32.7 Å². The van der Waals surface area contributed by atoms with Crippen molar-refractivity contribution in [2.75, 3.05) is 33.9 Å². The van der Waals surface area contributed by atoms with Gasteiger partial charge in [-0.3, -0.25) is 0 Å². The molecule has 3 aromatic carbocycles. The van der Waals surface area contributed by atoms with E-state index in [4.69, 9.17) is 26.4 Å². The lowest BCUT2D eigenvalue weighted by Crippen LogP contribution is -2.47. The highest BCUT2D eigenvalue weighted by Gasteiger charge is 2.31. The van der Waals surface area contributed by atoms with Crippen LogP contribution in [-0.2, 0) is 12.8 Å². The summed E-state index contributed by atoms with van der Waals surface area (Å²) >= 11 is 5.88. The molecule has 1 atom stereocenters. The van der Waals surface area contributed by atoms with Gasteiger partial charge in [-0.2, -0.15) is 0 Å². The van der Waals surface area contributed by atoms with E-state index in [1.165, 1.54) is 22.3 Å². The number of thiocarbonyl (C=S) groups is 1. The van der Waals surface area contributed by atoms with E-state index in [-0.39, 0.29) is 6.04 Å². The van der Waals surface area contributed by atoms with Crippen molar-refractivity contribution in [1.29, 1.82) is 0 Å². The Labute approximate surface area is 214 Å². The fraction of sp³-hybridized carbons (Fsp3) is 0.345. The zero-order valence-electron chi connectivity index (χ0n) is 21.0. The second kappa shape index (κ2) is 11.5. The van der Waals surface area contributed by atoms with Gasteiger partial charge in [0.05, 0.1) is 20.3 Å². The average molecular weight is 491 g/mol. The molecule has 0 amide bonds. The zero-order valence-corrected chi connectivity index (χ0v) is 21.8. The van der Waals surface area contributed by atoms with E-state index in [2.05, 4.69) is 78.7 Å². The Morgan fingerprint density at radius 2 is 1.66 bits per heavy atom. The first kappa shape index (κ1) is 24.9. The van der Waals surface area contributed by atoms with Gasteiger partial charge in [0.1, 0.15) is 12.4 Å². The molecular formula is C29H34N2O3S. The van der Waals surface area contributed by atoms with Gasteiger partial charge in [0.15, 0.2) is 16.6 Å². The van der Waals surface area contributed by atoms with Gasteiger partial charge in [-0.25, -0.2) is 0 Å². The summed E-state index contributed by atoms with van der Waals surface area (Å²) in [5.41, 5.74) is 6.06. The number of nitrogens with one attached hydrogen (secondary N) is 1. The highest BCUT2D eigenvalue weighted by atomic mass is 32.1. The Morgan fingerprint density at radius 1 is 0.971 bits per heavy atom. The van der Waals surface area contributed by atoms with Crippen LogP contribution in [0.1, 0.15) is 33.9 Å². The molecule has 0 aliphatic carbocycles. The van der Waals surface area contributed by atoms with Gasteiger partial charge in [0, 0.05) is 13.1 Å². The third kappa shape index (κ3) is 6.06.